The minimum atomic E-state index is -1.31. The first-order chi connectivity index (χ1) is 25.7. The molecule has 54 heavy (non-hydrogen) atoms. The molecule has 12 N–H and O–H groups in total. The number of amides is 7. The van der Waals surface area contributed by atoms with E-state index in [-0.39, 0.29) is 38.6 Å². The number of benzene rings is 3. The number of aromatic nitrogens is 2. The first-order valence-electron chi connectivity index (χ1n) is 17.5. The van der Waals surface area contributed by atoms with Crippen LogP contribution >= 0.6 is 0 Å². The van der Waals surface area contributed by atoms with Gasteiger partial charge in [-0.05, 0) is 48.6 Å². The van der Waals surface area contributed by atoms with Crippen LogP contribution in [0.15, 0.2) is 85.3 Å². The summed E-state index contributed by atoms with van der Waals surface area (Å²) < 4.78 is 0. The molecule has 286 valence electrons. The molecule has 1 aromatic heterocycles. The molecule has 4 aromatic rings. The van der Waals surface area contributed by atoms with Gasteiger partial charge in [-0.15, -0.1) is 0 Å². The van der Waals surface area contributed by atoms with Gasteiger partial charge in [-0.1, -0.05) is 72.8 Å². The van der Waals surface area contributed by atoms with Gasteiger partial charge in [0.1, 0.15) is 24.2 Å². The van der Waals surface area contributed by atoms with Gasteiger partial charge in [0.25, 0.3) is 0 Å². The van der Waals surface area contributed by atoms with Crippen LogP contribution in [0.2, 0.25) is 0 Å². The third kappa shape index (κ3) is 12.4. The molecular formula is C38H48N10O6. The summed E-state index contributed by atoms with van der Waals surface area (Å²) in [6.45, 7) is 3.16. The molecule has 0 saturated heterocycles. The molecule has 16 heteroatoms. The normalized spacial score (nSPS) is 13.5. The molecule has 4 atom stereocenters. The molecular weight excluding hydrogens is 692 g/mol. The third-order valence-electron chi connectivity index (χ3n) is 8.62. The Bertz CT molecular complexity index is 1910. The van der Waals surface area contributed by atoms with Crippen LogP contribution in [0.4, 0.5) is 4.79 Å². The molecule has 0 spiro atoms. The lowest BCUT2D eigenvalue weighted by atomic mass is 9.99. The number of hydrogen-bond donors (Lipinski definition) is 9. The number of hydrogen-bond acceptors (Lipinski definition) is 8. The molecule has 3 aromatic carbocycles. The maximum atomic E-state index is 14.3. The highest BCUT2D eigenvalue weighted by atomic mass is 16.2. The Balaban J connectivity index is 1.63. The van der Waals surface area contributed by atoms with Crippen LogP contribution in [-0.2, 0) is 43.2 Å². The summed E-state index contributed by atoms with van der Waals surface area (Å²) in [6, 6.07) is 16.8. The lowest BCUT2D eigenvalue weighted by Crippen LogP contribution is -2.60. The highest BCUT2D eigenvalue weighted by Gasteiger charge is 2.33. The van der Waals surface area contributed by atoms with Crippen molar-refractivity contribution >= 4 is 46.3 Å². The average Bonchev–Trinajstić information content (AvgIpc) is 3.65. The van der Waals surface area contributed by atoms with Gasteiger partial charge in [-0.2, -0.15) is 0 Å². The maximum Gasteiger partial charge on any atom is 0.312 e. The van der Waals surface area contributed by atoms with Crippen LogP contribution in [0.25, 0.3) is 10.8 Å². The third-order valence-corrected chi connectivity index (χ3v) is 8.62. The summed E-state index contributed by atoms with van der Waals surface area (Å²) in [6.07, 6.45) is 3.40. The van der Waals surface area contributed by atoms with E-state index in [1.54, 1.807) is 30.3 Å². The highest BCUT2D eigenvalue weighted by Crippen LogP contribution is 2.17. The van der Waals surface area contributed by atoms with E-state index in [1.165, 1.54) is 26.4 Å². The van der Waals surface area contributed by atoms with E-state index in [0.29, 0.717) is 16.8 Å². The Morgan fingerprint density at radius 3 is 1.85 bits per heavy atom. The highest BCUT2D eigenvalue weighted by molar-refractivity contribution is 5.96. The van der Waals surface area contributed by atoms with Crippen LogP contribution in [-0.4, -0.2) is 81.8 Å². The zero-order valence-corrected chi connectivity index (χ0v) is 30.3. The Labute approximate surface area is 312 Å². The first-order valence-corrected chi connectivity index (χ1v) is 17.5. The van der Waals surface area contributed by atoms with E-state index in [4.69, 9.17) is 17.2 Å². The van der Waals surface area contributed by atoms with E-state index in [9.17, 15) is 28.8 Å². The predicted octanol–water partition coefficient (Wildman–Crippen LogP) is 0.201. The number of primary amides is 2. The number of nitrogens with one attached hydrogen (secondary N) is 6. The van der Waals surface area contributed by atoms with E-state index < -0.39 is 65.3 Å². The zero-order chi connectivity index (χ0) is 39.3. The van der Waals surface area contributed by atoms with Crippen LogP contribution in [0.1, 0.15) is 43.5 Å². The van der Waals surface area contributed by atoms with Gasteiger partial charge in [0.15, 0.2) is 0 Å². The Kier molecular flexibility index (Phi) is 14.2. The molecule has 7 amide bonds. The van der Waals surface area contributed by atoms with Gasteiger partial charge < -0.3 is 48.8 Å². The molecule has 0 aliphatic carbocycles. The molecule has 0 saturated carbocycles. The van der Waals surface area contributed by atoms with E-state index >= 15 is 0 Å². The number of rotatable bonds is 19. The van der Waals surface area contributed by atoms with Crippen molar-refractivity contribution in [1.29, 1.82) is 0 Å². The number of imidazole rings is 1. The SMILES string of the molecule is CC(C)(N)C(=O)N[C@@H](Cc1cnc[nH]1)C(=O)N[C@@H](Cc1ccc2ccccc2c1)C(=O)N[C@H](Cc1ccccc1)C(=O)N[C@@H](CCCNC(N)=O)C(N)=O. The minimum Gasteiger partial charge on any atom is -0.368 e. The van der Waals surface area contributed by atoms with Crippen LogP contribution in [0, 0.1) is 0 Å². The van der Waals surface area contributed by atoms with Crippen molar-refractivity contribution in [2.45, 2.75) is 75.7 Å². The second-order valence-corrected chi connectivity index (χ2v) is 13.6. The quantitative estimate of drug-likeness (QED) is 0.0598. The standard InChI is InChI=1S/C38H48N10O6/c1-38(2,41)36(53)48-31(20-27-21-42-22-44-27)35(52)47-30(19-24-14-15-25-11-6-7-12-26(25)17-24)34(51)46-29(18-23-9-4-3-5-10-23)33(50)45-28(32(39)49)13-8-16-43-37(40)54/h3-7,9-12,14-15,17,21-22,28-31H,8,13,16,18-20,41H2,1-2H3,(H2,39,49)(H,42,44)(H,45,50)(H,46,51)(H,47,52)(H,48,53)(H3,40,43,54)/t28-,29+,30-,31-/m0/s1. The largest absolute Gasteiger partial charge is 0.368 e. The maximum absolute atomic E-state index is 14.3. The summed E-state index contributed by atoms with van der Waals surface area (Å²) in [5.74, 6) is -3.46. The van der Waals surface area contributed by atoms with Gasteiger partial charge in [0.05, 0.1) is 11.9 Å². The van der Waals surface area contributed by atoms with Gasteiger partial charge in [0.2, 0.25) is 29.5 Å². The molecule has 16 nitrogen and oxygen atoms in total. The van der Waals surface area contributed by atoms with Crippen molar-refractivity contribution in [2.24, 2.45) is 17.2 Å². The summed E-state index contributed by atoms with van der Waals surface area (Å²) in [5.41, 5.74) is 17.4. The second kappa shape index (κ2) is 19.0. The lowest BCUT2D eigenvalue weighted by molar-refractivity contribution is -0.134. The lowest BCUT2D eigenvalue weighted by Gasteiger charge is -2.27. The molecule has 0 aliphatic rings. The first kappa shape index (κ1) is 40.5. The number of fused-ring (bicyclic) bond motifs is 1. The summed E-state index contributed by atoms with van der Waals surface area (Å²) >= 11 is 0. The molecule has 1 heterocycles. The fourth-order valence-electron chi connectivity index (χ4n) is 5.66. The van der Waals surface area contributed by atoms with Gasteiger partial charge >= 0.3 is 6.03 Å². The Hall–Kier alpha value is -6.29. The number of carbonyl (C=O) groups is 6. The molecule has 4 rings (SSSR count). The van der Waals surface area contributed by atoms with Crippen molar-refractivity contribution in [2.75, 3.05) is 6.54 Å². The van der Waals surface area contributed by atoms with Gasteiger partial charge in [-0.25, -0.2) is 9.78 Å². The fraction of sp³-hybridized carbons (Fsp3) is 0.342. The van der Waals surface area contributed by atoms with Crippen molar-refractivity contribution < 1.29 is 28.8 Å². The van der Waals surface area contributed by atoms with Crippen molar-refractivity contribution in [3.05, 3.63) is 102 Å². The van der Waals surface area contributed by atoms with E-state index in [0.717, 1.165) is 10.8 Å². The average molecular weight is 741 g/mol. The molecule has 0 bridgehead atoms. The molecule has 0 aliphatic heterocycles. The van der Waals surface area contributed by atoms with Gasteiger partial charge in [-0.3, -0.25) is 24.0 Å². The summed E-state index contributed by atoms with van der Waals surface area (Å²) in [5, 5.41) is 15.2. The minimum absolute atomic E-state index is 0.0144. The molecule has 0 fully saturated rings. The fourth-order valence-corrected chi connectivity index (χ4v) is 5.66. The second-order valence-electron chi connectivity index (χ2n) is 13.6. The van der Waals surface area contributed by atoms with Crippen LogP contribution in [0.5, 0.6) is 0 Å². The van der Waals surface area contributed by atoms with Gasteiger partial charge in [0, 0.05) is 37.7 Å². The number of urea groups is 1. The van der Waals surface area contributed by atoms with Crippen LogP contribution < -0.4 is 43.8 Å². The number of aromatic amines is 1. The Morgan fingerprint density at radius 2 is 1.28 bits per heavy atom. The zero-order valence-electron chi connectivity index (χ0n) is 30.3. The van der Waals surface area contributed by atoms with E-state index in [1.807, 2.05) is 42.5 Å². The van der Waals surface area contributed by atoms with E-state index in [2.05, 4.69) is 36.6 Å². The number of nitrogens with two attached hydrogens (primary N) is 3. The number of nitrogens with zero attached hydrogens (tertiary/aromatic N) is 1. The van der Waals surface area contributed by atoms with Crippen LogP contribution in [0.3, 0.4) is 0 Å². The summed E-state index contributed by atoms with van der Waals surface area (Å²) in [7, 11) is 0. The monoisotopic (exact) mass is 740 g/mol. The van der Waals surface area contributed by atoms with Crippen molar-refractivity contribution in [3.63, 3.8) is 0 Å². The summed E-state index contributed by atoms with van der Waals surface area (Å²) in [4.78, 5) is 85.4. The smallest absolute Gasteiger partial charge is 0.312 e. The number of carbonyl (C=O) groups excluding carboxylic acids is 6. The van der Waals surface area contributed by atoms with Crippen molar-refractivity contribution in [1.82, 2.24) is 36.6 Å². The number of H-pyrrole nitrogens is 1. The van der Waals surface area contributed by atoms with Crippen molar-refractivity contribution in [3.8, 4) is 0 Å². The predicted molar refractivity (Wildman–Crippen MR) is 202 cm³/mol. The molecule has 0 radical (unpaired) electrons. The topological polar surface area (TPSA) is 269 Å². The molecule has 0 unspecified atom stereocenters. The Morgan fingerprint density at radius 1 is 0.704 bits per heavy atom.